The second kappa shape index (κ2) is 12.5. The van der Waals surface area contributed by atoms with Crippen molar-refractivity contribution in [1.82, 2.24) is 34.8 Å². The number of rotatable bonds is 10. The second-order valence-corrected chi connectivity index (χ2v) is 13.3. The van der Waals surface area contributed by atoms with E-state index >= 15 is 4.39 Å². The van der Waals surface area contributed by atoms with E-state index in [0.717, 1.165) is 4.90 Å². The van der Waals surface area contributed by atoms with E-state index in [1.807, 2.05) is 0 Å². The van der Waals surface area contributed by atoms with Crippen molar-refractivity contribution in [3.8, 4) is 22.5 Å². The molecule has 0 unspecified atom stereocenters. The minimum atomic E-state index is -2.82. The molecule has 12 nitrogen and oxygen atoms in total. The molecule has 2 aliphatic heterocycles. The fourth-order valence-electron chi connectivity index (χ4n) is 6.15. The monoisotopic (exact) mass is 701 g/mol. The highest BCUT2D eigenvalue weighted by atomic mass is 35.5. The summed E-state index contributed by atoms with van der Waals surface area (Å²) in [6.45, 7) is 0.402. The number of halogens is 5. The van der Waals surface area contributed by atoms with Gasteiger partial charge in [0, 0.05) is 23.7 Å². The number of H-pyrrole nitrogens is 1. The van der Waals surface area contributed by atoms with E-state index in [2.05, 4.69) is 25.3 Å². The number of nitrogens with two attached hydrogens (primary N) is 1. The molecule has 3 N–H and O–H groups in total. The Bertz CT molecular complexity index is 1890. The van der Waals surface area contributed by atoms with Gasteiger partial charge in [-0.05, 0) is 49.6 Å². The van der Waals surface area contributed by atoms with Crippen LogP contribution in [0.4, 0.5) is 22.4 Å². The maximum atomic E-state index is 15.6. The number of hydrogen-bond acceptors (Lipinski definition) is 8. The van der Waals surface area contributed by atoms with Crippen molar-refractivity contribution in [3.63, 3.8) is 0 Å². The van der Waals surface area contributed by atoms with Crippen LogP contribution in [0.3, 0.4) is 0 Å². The molecule has 0 spiro atoms. The quantitative estimate of drug-likeness (QED) is 0.199. The summed E-state index contributed by atoms with van der Waals surface area (Å²) in [4.78, 5) is 38.6. The van der Waals surface area contributed by atoms with Crippen LogP contribution < -0.4 is 5.73 Å². The molecule has 0 radical (unpaired) electrons. The molecule has 2 aliphatic rings. The molecule has 2 aromatic heterocycles. The first-order valence-corrected chi connectivity index (χ1v) is 15.5. The molecule has 0 saturated carbocycles. The maximum absolute atomic E-state index is 15.6. The number of carbonyl (C=O) groups is 2. The van der Waals surface area contributed by atoms with Crippen LogP contribution in [0.2, 0.25) is 5.02 Å². The molecule has 0 bridgehead atoms. The third-order valence-electron chi connectivity index (χ3n) is 8.32. The number of nitrogens with one attached hydrogen (secondary N) is 1. The number of likely N-dealkylation sites (tertiary alicyclic amines) is 1. The number of aromatic nitrogens is 5. The molecular formula is C32H32ClF4N9O3. The summed E-state index contributed by atoms with van der Waals surface area (Å²) in [6, 6.07) is 9.98. The van der Waals surface area contributed by atoms with Crippen molar-refractivity contribution in [2.24, 2.45) is 10.7 Å². The van der Waals surface area contributed by atoms with Gasteiger partial charge in [0.25, 0.3) is 5.91 Å². The highest BCUT2D eigenvalue weighted by Crippen LogP contribution is 2.44. The molecule has 1 saturated heterocycles. The lowest BCUT2D eigenvalue weighted by atomic mass is 9.80. The van der Waals surface area contributed by atoms with Crippen LogP contribution in [0.5, 0.6) is 0 Å². The van der Waals surface area contributed by atoms with Crippen molar-refractivity contribution in [1.29, 1.82) is 0 Å². The van der Waals surface area contributed by atoms with Crippen LogP contribution >= 0.6 is 11.6 Å². The van der Waals surface area contributed by atoms with Gasteiger partial charge in [-0.15, -0.1) is 0 Å². The number of carbonyl (C=O) groups excluding carboxylic acids is 2. The van der Waals surface area contributed by atoms with E-state index in [-0.39, 0.29) is 24.6 Å². The van der Waals surface area contributed by atoms with Crippen LogP contribution in [0, 0.1) is 0 Å². The lowest BCUT2D eigenvalue weighted by molar-refractivity contribution is -0.135. The molecule has 1 fully saturated rings. The number of alkyl halides is 4. The Morgan fingerprint density at radius 2 is 1.88 bits per heavy atom. The van der Waals surface area contributed by atoms with Crippen molar-refractivity contribution in [3.05, 3.63) is 77.3 Å². The van der Waals surface area contributed by atoms with E-state index in [0.29, 0.717) is 37.8 Å². The number of hydrogen-bond donors (Lipinski definition) is 2. The minimum absolute atomic E-state index is 0.160. The smallest absolute Gasteiger partial charge is 0.410 e. The lowest BCUT2D eigenvalue weighted by Crippen LogP contribution is -2.59. The Kier molecular flexibility index (Phi) is 8.63. The maximum Gasteiger partial charge on any atom is 0.410 e. The van der Waals surface area contributed by atoms with Gasteiger partial charge >= 0.3 is 12.6 Å². The van der Waals surface area contributed by atoms with E-state index in [1.165, 1.54) is 44.4 Å². The Labute approximate surface area is 282 Å². The number of aliphatic imine (C=N–C) groups is 1. The van der Waals surface area contributed by atoms with Crippen molar-refractivity contribution < 1.29 is 31.9 Å². The number of amides is 2. The first-order valence-electron chi connectivity index (χ1n) is 15.1. The van der Waals surface area contributed by atoms with E-state index in [9.17, 15) is 22.8 Å². The normalized spacial score (nSPS) is 19.6. The fourth-order valence-corrected chi connectivity index (χ4v) is 6.36. The highest BCUT2D eigenvalue weighted by Gasteiger charge is 2.54. The molecule has 2 amide bonds. The number of nitrogens with zero attached hydrogens (tertiary/aromatic N) is 7. The van der Waals surface area contributed by atoms with Crippen LogP contribution in [0.25, 0.3) is 22.5 Å². The van der Waals surface area contributed by atoms with Crippen molar-refractivity contribution in [2.45, 2.75) is 56.7 Å². The highest BCUT2D eigenvalue weighted by molar-refractivity contribution is 6.33. The van der Waals surface area contributed by atoms with Gasteiger partial charge in [0.2, 0.25) is 0 Å². The zero-order valence-electron chi connectivity index (χ0n) is 26.6. The summed E-state index contributed by atoms with van der Waals surface area (Å²) < 4.78 is 62.0. The molecule has 0 aliphatic carbocycles. The lowest BCUT2D eigenvalue weighted by Gasteiger charge is -2.41. The predicted molar refractivity (Wildman–Crippen MR) is 171 cm³/mol. The molecule has 258 valence electrons. The zero-order chi connectivity index (χ0) is 35.3. The van der Waals surface area contributed by atoms with E-state index in [1.54, 1.807) is 42.5 Å². The SMILES string of the molecule is CC(C)(F)C[C@]1(c2ccc(-c3cnn(C(F)F)c3)cc2)N=C(N)N([C@H](COC(=O)N2CC(C)(F)C2)c2ccc(Cl)c(-c3ncn[nH]3)c2)C1=O. The third-order valence-corrected chi connectivity index (χ3v) is 8.65. The number of aromatic amines is 1. The molecular weight excluding hydrogens is 670 g/mol. The minimum Gasteiger partial charge on any atom is -0.447 e. The number of benzene rings is 2. The largest absolute Gasteiger partial charge is 0.447 e. The molecule has 17 heteroatoms. The van der Waals surface area contributed by atoms with Gasteiger partial charge in [0.15, 0.2) is 17.3 Å². The van der Waals surface area contributed by atoms with Crippen LogP contribution in [-0.2, 0) is 15.1 Å². The molecule has 2 aromatic carbocycles. The molecule has 49 heavy (non-hydrogen) atoms. The topological polar surface area (TPSA) is 148 Å². The Morgan fingerprint density at radius 1 is 1.16 bits per heavy atom. The summed E-state index contributed by atoms with van der Waals surface area (Å²) in [5.74, 6) is -0.645. The summed E-state index contributed by atoms with van der Waals surface area (Å²) in [5, 5.41) is 10.6. The van der Waals surface area contributed by atoms with Gasteiger partial charge in [-0.2, -0.15) is 19.0 Å². The molecule has 4 aromatic rings. The first-order chi connectivity index (χ1) is 23.1. The van der Waals surface area contributed by atoms with Gasteiger partial charge in [0.05, 0.1) is 30.4 Å². The van der Waals surface area contributed by atoms with Gasteiger partial charge in [-0.1, -0.05) is 41.9 Å². The number of guanidine groups is 1. The van der Waals surface area contributed by atoms with Gasteiger partial charge in [-0.25, -0.2) is 28.2 Å². The second-order valence-electron chi connectivity index (χ2n) is 12.9. The van der Waals surface area contributed by atoms with Crippen molar-refractivity contribution in [2.75, 3.05) is 19.7 Å². The van der Waals surface area contributed by atoms with Gasteiger partial charge < -0.3 is 15.4 Å². The molecule has 4 heterocycles. The van der Waals surface area contributed by atoms with Crippen LogP contribution in [-0.4, -0.2) is 83.8 Å². The van der Waals surface area contributed by atoms with Crippen LogP contribution in [0.15, 0.2) is 66.2 Å². The zero-order valence-corrected chi connectivity index (χ0v) is 27.3. The standard InChI is InChI=1S/C32H32ClF4N9O3/c1-30(2,36)14-32(21-7-4-18(5-8-21)20-11-41-45(12-20)27(34)35)26(47)46(28(38)42-32)24(13-49-29(48)44-15-31(3,37)16-44)19-6-9-23(33)22(10-19)25-39-17-40-43-25/h4-12,17,24,27H,13-16H2,1-3H3,(H2,38,42)(H,39,40,43)/t24-,32-/m1/s1. The summed E-state index contributed by atoms with van der Waals surface area (Å²) in [7, 11) is 0. The number of ether oxygens (including phenoxy) is 1. The first kappa shape index (κ1) is 33.9. The predicted octanol–water partition coefficient (Wildman–Crippen LogP) is 5.80. The van der Waals surface area contributed by atoms with Crippen LogP contribution in [0.1, 0.15) is 50.9 Å². The summed E-state index contributed by atoms with van der Waals surface area (Å²) in [6.07, 6.45) is 2.53. The van der Waals surface area contributed by atoms with E-state index < -0.39 is 54.5 Å². The fraction of sp³-hybridized carbons (Fsp3) is 0.375. The molecule has 6 rings (SSSR count). The van der Waals surface area contributed by atoms with E-state index in [4.69, 9.17) is 22.1 Å². The van der Waals surface area contributed by atoms with Gasteiger partial charge in [0.1, 0.15) is 24.3 Å². The Hall–Kier alpha value is -4.99. The average molecular weight is 702 g/mol. The third kappa shape index (κ3) is 6.69. The Balaban J connectivity index is 1.38. The molecule has 2 atom stereocenters. The summed E-state index contributed by atoms with van der Waals surface area (Å²) in [5.41, 5.74) is 3.21. The Morgan fingerprint density at radius 3 is 2.47 bits per heavy atom. The summed E-state index contributed by atoms with van der Waals surface area (Å²) >= 11 is 6.47. The van der Waals surface area contributed by atoms with Gasteiger partial charge in [-0.3, -0.25) is 14.8 Å². The average Bonchev–Trinajstić information content (AvgIpc) is 3.78. The van der Waals surface area contributed by atoms with Crippen molar-refractivity contribution >= 4 is 29.6 Å².